The third-order valence-corrected chi connectivity index (χ3v) is 1.71. The van der Waals surface area contributed by atoms with Gasteiger partial charge in [-0.05, 0) is 19.9 Å². The molecule has 0 aliphatic carbocycles. The van der Waals surface area contributed by atoms with E-state index in [9.17, 15) is 4.79 Å². The van der Waals surface area contributed by atoms with Gasteiger partial charge in [0.2, 0.25) is 5.95 Å². The van der Waals surface area contributed by atoms with Gasteiger partial charge >= 0.3 is 5.97 Å². The van der Waals surface area contributed by atoms with E-state index in [1.807, 2.05) is 0 Å². The van der Waals surface area contributed by atoms with Crippen molar-refractivity contribution in [3.05, 3.63) is 16.9 Å². The number of nitrogens with one attached hydrogen (secondary N) is 1. The number of aromatic nitrogens is 2. The molecule has 1 aromatic heterocycles. The van der Waals surface area contributed by atoms with Crippen molar-refractivity contribution in [2.75, 3.05) is 18.5 Å². The van der Waals surface area contributed by atoms with E-state index in [0.717, 1.165) is 5.69 Å². The van der Waals surface area contributed by atoms with Crippen molar-refractivity contribution in [3.8, 4) is 0 Å². The second-order valence-electron chi connectivity index (χ2n) is 2.81. The zero-order valence-corrected chi connectivity index (χ0v) is 9.34. The molecule has 1 heterocycles. The van der Waals surface area contributed by atoms with Crippen LogP contribution in [0.1, 0.15) is 12.6 Å². The highest BCUT2D eigenvalue weighted by Crippen LogP contribution is 2.08. The monoisotopic (exact) mass is 229 g/mol. The number of halogens is 1. The van der Waals surface area contributed by atoms with Crippen molar-refractivity contribution >= 4 is 23.5 Å². The molecule has 1 aromatic rings. The van der Waals surface area contributed by atoms with Gasteiger partial charge in [-0.3, -0.25) is 4.79 Å². The molecule has 6 heteroatoms. The molecule has 0 fully saturated rings. The van der Waals surface area contributed by atoms with Crippen LogP contribution < -0.4 is 5.32 Å². The van der Waals surface area contributed by atoms with Gasteiger partial charge in [0.05, 0.1) is 6.61 Å². The number of anilines is 1. The summed E-state index contributed by atoms with van der Waals surface area (Å²) in [5.74, 6) is -0.0215. The molecule has 0 unspecified atom stereocenters. The fraction of sp³-hybridized carbons (Fsp3) is 0.444. The SMILES string of the molecule is CCOC(=O)CNc1nc(C)cc(Cl)n1. The Bertz CT molecular complexity index is 337. The summed E-state index contributed by atoms with van der Waals surface area (Å²) in [6, 6.07) is 1.64. The molecule has 0 aliphatic rings. The van der Waals surface area contributed by atoms with Crippen LogP contribution in [-0.2, 0) is 9.53 Å². The van der Waals surface area contributed by atoms with E-state index >= 15 is 0 Å². The Morgan fingerprint density at radius 1 is 1.60 bits per heavy atom. The molecule has 0 aromatic carbocycles. The quantitative estimate of drug-likeness (QED) is 0.625. The molecule has 0 aliphatic heterocycles. The van der Waals surface area contributed by atoms with Crippen molar-refractivity contribution in [2.45, 2.75) is 13.8 Å². The van der Waals surface area contributed by atoms with Gasteiger partial charge in [0, 0.05) is 5.69 Å². The third kappa shape index (κ3) is 4.12. The summed E-state index contributed by atoms with van der Waals surface area (Å²) in [6.07, 6.45) is 0. The van der Waals surface area contributed by atoms with Crippen LogP contribution >= 0.6 is 11.6 Å². The molecule has 82 valence electrons. The minimum absolute atomic E-state index is 0.0353. The van der Waals surface area contributed by atoms with Crippen LogP contribution in [0, 0.1) is 6.92 Å². The number of nitrogens with zero attached hydrogens (tertiary/aromatic N) is 2. The van der Waals surface area contributed by atoms with Gasteiger partial charge in [-0.2, -0.15) is 0 Å². The van der Waals surface area contributed by atoms with Crippen LogP contribution in [0.2, 0.25) is 5.15 Å². The molecule has 0 radical (unpaired) electrons. The summed E-state index contributed by atoms with van der Waals surface area (Å²) in [7, 11) is 0. The van der Waals surface area contributed by atoms with E-state index < -0.39 is 0 Å². The average molecular weight is 230 g/mol. The first-order valence-electron chi connectivity index (χ1n) is 4.52. The number of hydrogen-bond acceptors (Lipinski definition) is 5. The lowest BCUT2D eigenvalue weighted by molar-refractivity contribution is -0.140. The summed E-state index contributed by atoms with van der Waals surface area (Å²) in [4.78, 5) is 19.0. The molecule has 0 spiro atoms. The number of aryl methyl sites for hydroxylation is 1. The maximum atomic E-state index is 11.0. The highest BCUT2D eigenvalue weighted by Gasteiger charge is 2.04. The zero-order chi connectivity index (χ0) is 11.3. The second-order valence-corrected chi connectivity index (χ2v) is 3.20. The number of carbonyl (C=O) groups excluding carboxylic acids is 1. The van der Waals surface area contributed by atoms with Crippen molar-refractivity contribution in [1.29, 1.82) is 0 Å². The molecule has 1 rings (SSSR count). The van der Waals surface area contributed by atoms with Crippen LogP contribution in [-0.4, -0.2) is 29.1 Å². The lowest BCUT2D eigenvalue weighted by Gasteiger charge is -2.05. The van der Waals surface area contributed by atoms with Crippen molar-refractivity contribution in [3.63, 3.8) is 0 Å². The van der Waals surface area contributed by atoms with Gasteiger partial charge in [0.25, 0.3) is 0 Å². The maximum Gasteiger partial charge on any atom is 0.325 e. The van der Waals surface area contributed by atoms with Crippen molar-refractivity contribution in [2.24, 2.45) is 0 Å². The third-order valence-electron chi connectivity index (χ3n) is 1.52. The van der Waals surface area contributed by atoms with Gasteiger partial charge in [-0.15, -0.1) is 0 Å². The summed E-state index contributed by atoms with van der Waals surface area (Å²) < 4.78 is 4.73. The summed E-state index contributed by atoms with van der Waals surface area (Å²) in [5.41, 5.74) is 0.737. The number of esters is 1. The van der Waals surface area contributed by atoms with Gasteiger partial charge in [0.1, 0.15) is 11.7 Å². The molecular formula is C9H12ClN3O2. The molecule has 1 N–H and O–H groups in total. The normalized spacial score (nSPS) is 9.80. The summed E-state index contributed by atoms with van der Waals surface area (Å²) in [6.45, 7) is 3.94. The van der Waals surface area contributed by atoms with E-state index in [1.54, 1.807) is 19.9 Å². The molecule has 0 amide bonds. The van der Waals surface area contributed by atoms with Gasteiger partial charge in [0.15, 0.2) is 0 Å². The Kier molecular flexibility index (Phi) is 4.30. The lowest BCUT2D eigenvalue weighted by Crippen LogP contribution is -2.18. The van der Waals surface area contributed by atoms with Crippen molar-refractivity contribution in [1.82, 2.24) is 9.97 Å². The average Bonchev–Trinajstić information content (AvgIpc) is 2.14. The maximum absolute atomic E-state index is 11.0. The predicted molar refractivity (Wildman–Crippen MR) is 56.9 cm³/mol. The fourth-order valence-electron chi connectivity index (χ4n) is 0.972. The van der Waals surface area contributed by atoms with E-state index in [1.165, 1.54) is 0 Å². The van der Waals surface area contributed by atoms with Crippen LogP contribution in [0.5, 0.6) is 0 Å². The smallest absolute Gasteiger partial charge is 0.325 e. The zero-order valence-electron chi connectivity index (χ0n) is 8.58. The van der Waals surface area contributed by atoms with Gasteiger partial charge in [-0.25, -0.2) is 9.97 Å². The Hall–Kier alpha value is -1.36. The summed E-state index contributed by atoms with van der Waals surface area (Å²) in [5, 5.41) is 3.07. The Morgan fingerprint density at radius 3 is 2.93 bits per heavy atom. The molecule has 15 heavy (non-hydrogen) atoms. The molecular weight excluding hydrogens is 218 g/mol. The molecule has 0 saturated heterocycles. The van der Waals surface area contributed by atoms with Gasteiger partial charge in [-0.1, -0.05) is 11.6 Å². The van der Waals surface area contributed by atoms with Gasteiger partial charge < -0.3 is 10.1 Å². The van der Waals surface area contributed by atoms with Crippen LogP contribution in [0.4, 0.5) is 5.95 Å². The molecule has 0 bridgehead atoms. The van der Waals surface area contributed by atoms with Crippen LogP contribution in [0.15, 0.2) is 6.07 Å². The Morgan fingerprint density at radius 2 is 2.33 bits per heavy atom. The van der Waals surface area contributed by atoms with E-state index in [-0.39, 0.29) is 12.5 Å². The first kappa shape index (κ1) is 11.7. The van der Waals surface area contributed by atoms with E-state index in [2.05, 4.69) is 15.3 Å². The van der Waals surface area contributed by atoms with Crippen molar-refractivity contribution < 1.29 is 9.53 Å². The Balaban J connectivity index is 2.54. The van der Waals surface area contributed by atoms with E-state index in [0.29, 0.717) is 17.7 Å². The second kappa shape index (κ2) is 5.50. The molecule has 0 saturated carbocycles. The topological polar surface area (TPSA) is 64.1 Å². The number of ether oxygens (including phenoxy) is 1. The number of carbonyl (C=O) groups is 1. The van der Waals surface area contributed by atoms with E-state index in [4.69, 9.17) is 16.3 Å². The predicted octanol–water partition coefficient (Wildman–Crippen LogP) is 1.41. The van der Waals surface area contributed by atoms with Crippen LogP contribution in [0.25, 0.3) is 0 Å². The first-order valence-corrected chi connectivity index (χ1v) is 4.90. The first-order chi connectivity index (χ1) is 7.11. The standard InChI is InChI=1S/C9H12ClN3O2/c1-3-15-8(14)5-11-9-12-6(2)4-7(10)13-9/h4H,3,5H2,1-2H3,(H,11,12,13). The molecule has 0 atom stereocenters. The highest BCUT2D eigenvalue weighted by molar-refractivity contribution is 6.29. The largest absolute Gasteiger partial charge is 0.465 e. The fourth-order valence-corrected chi connectivity index (χ4v) is 1.21. The Labute approximate surface area is 92.8 Å². The lowest BCUT2D eigenvalue weighted by atomic mass is 10.4. The highest BCUT2D eigenvalue weighted by atomic mass is 35.5. The van der Waals surface area contributed by atoms with Crippen LogP contribution in [0.3, 0.4) is 0 Å². The minimum Gasteiger partial charge on any atom is -0.465 e. The number of rotatable bonds is 4. The molecule has 5 nitrogen and oxygen atoms in total. The minimum atomic E-state index is -0.348. The number of hydrogen-bond donors (Lipinski definition) is 1. The summed E-state index contributed by atoms with van der Waals surface area (Å²) >= 11 is 5.72.